The molecule has 22 heavy (non-hydrogen) atoms. The van der Waals surface area contributed by atoms with Gasteiger partial charge in [0.1, 0.15) is 5.75 Å². The number of ether oxygens (including phenoxy) is 1. The third kappa shape index (κ3) is 5.23. The topological polar surface area (TPSA) is 38.3 Å². The fourth-order valence-corrected chi connectivity index (χ4v) is 2.97. The summed E-state index contributed by atoms with van der Waals surface area (Å²) in [5.74, 6) is 1.95. The minimum absolute atomic E-state index is 0.0445. The van der Waals surface area contributed by atoms with Crippen molar-refractivity contribution in [3.8, 4) is 5.75 Å². The maximum atomic E-state index is 11.9. The lowest BCUT2D eigenvalue weighted by Crippen LogP contribution is -2.14. The highest BCUT2D eigenvalue weighted by molar-refractivity contribution is 9.10. The van der Waals surface area contributed by atoms with E-state index >= 15 is 0 Å². The maximum absolute atomic E-state index is 11.9. The number of nitrogens with one attached hydrogen (secondary N) is 1. The van der Waals surface area contributed by atoms with Crippen LogP contribution in [0.3, 0.4) is 0 Å². The first-order valence-electron chi connectivity index (χ1n) is 6.54. The molecule has 3 nitrogen and oxygen atoms in total. The van der Waals surface area contributed by atoms with Crippen LogP contribution in [0.2, 0.25) is 5.02 Å². The standard InChI is InChI=1S/C16H15BrClNO2S/c1-21-13-5-2-11(3-6-13)9-22-10-16(20)19-12-4-7-14(17)15(18)8-12/h2-8H,9-10H2,1H3,(H,19,20). The molecule has 0 aliphatic heterocycles. The minimum atomic E-state index is -0.0445. The Kier molecular flexibility index (Phi) is 6.61. The molecular formula is C16H15BrClNO2S. The average molecular weight is 401 g/mol. The van der Waals surface area contributed by atoms with Gasteiger partial charge in [0.15, 0.2) is 0 Å². The molecule has 0 saturated carbocycles. The summed E-state index contributed by atoms with van der Waals surface area (Å²) in [7, 11) is 1.64. The van der Waals surface area contributed by atoms with Crippen molar-refractivity contribution < 1.29 is 9.53 Å². The molecule has 0 unspecified atom stereocenters. The molecule has 1 N–H and O–H groups in total. The molecule has 0 atom stereocenters. The molecule has 0 heterocycles. The average Bonchev–Trinajstić information content (AvgIpc) is 2.51. The molecular weight excluding hydrogens is 386 g/mol. The van der Waals surface area contributed by atoms with Gasteiger partial charge >= 0.3 is 0 Å². The van der Waals surface area contributed by atoms with Crippen molar-refractivity contribution in [3.05, 3.63) is 57.5 Å². The van der Waals surface area contributed by atoms with E-state index in [0.29, 0.717) is 16.5 Å². The summed E-state index contributed by atoms with van der Waals surface area (Å²) in [6.45, 7) is 0. The molecule has 116 valence electrons. The van der Waals surface area contributed by atoms with Gasteiger partial charge in [0.2, 0.25) is 5.91 Å². The number of hydrogen-bond acceptors (Lipinski definition) is 3. The predicted molar refractivity (Wildman–Crippen MR) is 96.9 cm³/mol. The zero-order valence-electron chi connectivity index (χ0n) is 11.9. The maximum Gasteiger partial charge on any atom is 0.234 e. The zero-order chi connectivity index (χ0) is 15.9. The summed E-state index contributed by atoms with van der Waals surface area (Å²) in [5.41, 5.74) is 1.86. The van der Waals surface area contributed by atoms with Crippen LogP contribution in [0.1, 0.15) is 5.56 Å². The van der Waals surface area contributed by atoms with Crippen LogP contribution in [0.15, 0.2) is 46.9 Å². The monoisotopic (exact) mass is 399 g/mol. The third-order valence-corrected chi connectivity index (χ3v) is 5.10. The van der Waals surface area contributed by atoms with Crippen molar-refractivity contribution in [3.63, 3.8) is 0 Å². The fraction of sp³-hybridized carbons (Fsp3) is 0.188. The van der Waals surface area contributed by atoms with Gasteiger partial charge < -0.3 is 10.1 Å². The van der Waals surface area contributed by atoms with E-state index in [9.17, 15) is 4.79 Å². The zero-order valence-corrected chi connectivity index (χ0v) is 15.1. The van der Waals surface area contributed by atoms with E-state index in [2.05, 4.69) is 21.2 Å². The van der Waals surface area contributed by atoms with Crippen LogP contribution in [0.25, 0.3) is 0 Å². The van der Waals surface area contributed by atoms with Crippen molar-refractivity contribution in [2.24, 2.45) is 0 Å². The van der Waals surface area contributed by atoms with E-state index < -0.39 is 0 Å². The second kappa shape index (κ2) is 8.46. The SMILES string of the molecule is COc1ccc(CSCC(=O)Nc2ccc(Br)c(Cl)c2)cc1. The number of amides is 1. The van der Waals surface area contributed by atoms with E-state index in [4.69, 9.17) is 16.3 Å². The van der Waals surface area contributed by atoms with E-state index in [0.717, 1.165) is 21.5 Å². The molecule has 0 aliphatic carbocycles. The molecule has 2 rings (SSSR count). The number of anilines is 1. The Hall–Kier alpha value is -1.17. The number of hydrogen-bond donors (Lipinski definition) is 1. The highest BCUT2D eigenvalue weighted by Crippen LogP contribution is 2.25. The highest BCUT2D eigenvalue weighted by Gasteiger charge is 2.05. The second-order valence-corrected chi connectivity index (χ2v) is 6.77. The van der Waals surface area contributed by atoms with E-state index in [1.54, 1.807) is 24.9 Å². The number of methoxy groups -OCH3 is 1. The Morgan fingerprint density at radius 1 is 1.27 bits per heavy atom. The summed E-state index contributed by atoms with van der Waals surface area (Å²) < 4.78 is 5.92. The first-order chi connectivity index (χ1) is 10.6. The fourth-order valence-electron chi connectivity index (χ4n) is 1.75. The number of rotatable bonds is 6. The number of halogens is 2. The van der Waals surface area contributed by atoms with Gasteiger partial charge in [-0.05, 0) is 51.8 Å². The second-order valence-electron chi connectivity index (χ2n) is 4.52. The van der Waals surface area contributed by atoms with Gasteiger partial charge in [-0.3, -0.25) is 4.79 Å². The molecule has 0 spiro atoms. The molecule has 0 aliphatic rings. The molecule has 0 saturated heterocycles. The minimum Gasteiger partial charge on any atom is -0.497 e. The molecule has 2 aromatic rings. The van der Waals surface area contributed by atoms with Crippen molar-refractivity contribution >= 4 is 50.9 Å². The molecule has 0 bridgehead atoms. The molecule has 0 aromatic heterocycles. The normalized spacial score (nSPS) is 10.3. The lowest BCUT2D eigenvalue weighted by molar-refractivity contribution is -0.113. The molecule has 0 radical (unpaired) electrons. The molecule has 1 amide bonds. The summed E-state index contributed by atoms with van der Waals surface area (Å²) in [4.78, 5) is 11.9. The third-order valence-electron chi connectivity index (χ3n) is 2.86. The van der Waals surface area contributed by atoms with Crippen LogP contribution < -0.4 is 10.1 Å². The van der Waals surface area contributed by atoms with Crippen LogP contribution in [0.4, 0.5) is 5.69 Å². The first-order valence-corrected chi connectivity index (χ1v) is 8.86. The Balaban J connectivity index is 1.78. The lowest BCUT2D eigenvalue weighted by atomic mass is 10.2. The summed E-state index contributed by atoms with van der Waals surface area (Å²) in [6.07, 6.45) is 0. The van der Waals surface area contributed by atoms with Crippen LogP contribution in [-0.4, -0.2) is 18.8 Å². The number of carbonyl (C=O) groups excluding carboxylic acids is 1. The van der Waals surface area contributed by atoms with Crippen LogP contribution in [0, 0.1) is 0 Å². The summed E-state index contributed by atoms with van der Waals surface area (Å²) in [6, 6.07) is 13.2. The number of carbonyl (C=O) groups is 1. The Morgan fingerprint density at radius 2 is 2.00 bits per heavy atom. The van der Waals surface area contributed by atoms with Gasteiger partial charge in [0.05, 0.1) is 17.9 Å². The molecule has 0 fully saturated rings. The van der Waals surface area contributed by atoms with Gasteiger partial charge in [-0.1, -0.05) is 23.7 Å². The van der Waals surface area contributed by atoms with Gasteiger partial charge in [-0.2, -0.15) is 0 Å². The summed E-state index contributed by atoms with van der Waals surface area (Å²) in [5, 5.41) is 3.40. The smallest absolute Gasteiger partial charge is 0.234 e. The van der Waals surface area contributed by atoms with E-state index in [1.807, 2.05) is 36.4 Å². The van der Waals surface area contributed by atoms with Gasteiger partial charge in [0.25, 0.3) is 0 Å². The Labute approximate surface area is 147 Å². The number of benzene rings is 2. The molecule has 6 heteroatoms. The van der Waals surface area contributed by atoms with E-state index in [-0.39, 0.29) is 5.91 Å². The van der Waals surface area contributed by atoms with Gasteiger partial charge in [0, 0.05) is 15.9 Å². The Morgan fingerprint density at radius 3 is 2.64 bits per heavy atom. The quantitative estimate of drug-likeness (QED) is 0.743. The van der Waals surface area contributed by atoms with Crippen LogP contribution in [-0.2, 0) is 10.5 Å². The van der Waals surface area contributed by atoms with Crippen molar-refractivity contribution in [1.29, 1.82) is 0 Å². The summed E-state index contributed by atoms with van der Waals surface area (Å²) >= 11 is 10.9. The van der Waals surface area contributed by atoms with Crippen molar-refractivity contribution in [2.75, 3.05) is 18.2 Å². The predicted octanol–water partition coefficient (Wildman–Crippen LogP) is 4.98. The van der Waals surface area contributed by atoms with Gasteiger partial charge in [-0.25, -0.2) is 0 Å². The Bertz CT molecular complexity index is 649. The van der Waals surface area contributed by atoms with E-state index in [1.165, 1.54) is 0 Å². The molecule has 2 aromatic carbocycles. The van der Waals surface area contributed by atoms with Crippen LogP contribution >= 0.6 is 39.3 Å². The van der Waals surface area contributed by atoms with Crippen molar-refractivity contribution in [2.45, 2.75) is 5.75 Å². The van der Waals surface area contributed by atoms with Gasteiger partial charge in [-0.15, -0.1) is 11.8 Å². The lowest BCUT2D eigenvalue weighted by Gasteiger charge is -2.07. The number of thioether (sulfide) groups is 1. The highest BCUT2D eigenvalue weighted by atomic mass is 79.9. The first kappa shape index (κ1) is 17.2. The van der Waals surface area contributed by atoms with Crippen LogP contribution in [0.5, 0.6) is 5.75 Å². The van der Waals surface area contributed by atoms with Crippen molar-refractivity contribution in [1.82, 2.24) is 0 Å². The largest absolute Gasteiger partial charge is 0.497 e.